The molecule has 0 aromatic rings. The summed E-state index contributed by atoms with van der Waals surface area (Å²) in [6, 6.07) is -0.538. The van der Waals surface area contributed by atoms with Crippen LogP contribution in [0.25, 0.3) is 0 Å². The van der Waals surface area contributed by atoms with Crippen molar-refractivity contribution in [2.24, 2.45) is 11.8 Å². The lowest BCUT2D eigenvalue weighted by Crippen LogP contribution is -2.62. The van der Waals surface area contributed by atoms with Gasteiger partial charge in [0.1, 0.15) is 6.04 Å². The first-order chi connectivity index (χ1) is 11.6. The maximum absolute atomic E-state index is 12.1. The lowest BCUT2D eigenvalue weighted by Gasteiger charge is -2.35. The molecular weight excluding hydrogens is 312 g/mol. The molecule has 0 radical (unpaired) electrons. The Bertz CT molecular complexity index is 448. The largest absolute Gasteiger partial charge is 0.464 e. The predicted octanol–water partition coefficient (Wildman–Crippen LogP) is 1.75. The molecule has 2 fully saturated rings. The average molecular weight is 340 g/mol. The van der Waals surface area contributed by atoms with Gasteiger partial charge in [0.25, 0.3) is 0 Å². The molecular formula is C17H28N2O5. The Balaban J connectivity index is 1.64. The number of amides is 2. The van der Waals surface area contributed by atoms with Crippen molar-refractivity contribution in [1.82, 2.24) is 10.6 Å². The molecule has 2 aliphatic rings. The number of alkyl carbamates (subject to hydrolysis) is 1. The van der Waals surface area contributed by atoms with Gasteiger partial charge in [0.05, 0.1) is 19.1 Å². The fourth-order valence-electron chi connectivity index (χ4n) is 3.28. The van der Waals surface area contributed by atoms with Crippen LogP contribution in [-0.4, -0.2) is 43.8 Å². The number of ether oxygens (including phenoxy) is 2. The molecule has 2 rings (SSSR count). The number of carbonyl (C=O) groups excluding carboxylic acids is 3. The highest BCUT2D eigenvalue weighted by Crippen LogP contribution is 2.25. The number of carbonyl (C=O) groups is 3. The van der Waals surface area contributed by atoms with E-state index in [9.17, 15) is 14.4 Å². The van der Waals surface area contributed by atoms with Crippen LogP contribution >= 0.6 is 0 Å². The van der Waals surface area contributed by atoms with Gasteiger partial charge in [0, 0.05) is 6.54 Å². The molecule has 1 unspecified atom stereocenters. The SMILES string of the molecule is CCOC(=O)NCCC[C@H]1C(=O)NC1C(=O)OCC1CCCCC1. The molecule has 1 aliphatic heterocycles. The highest BCUT2D eigenvalue weighted by molar-refractivity contribution is 5.97. The van der Waals surface area contributed by atoms with Crippen molar-refractivity contribution < 1.29 is 23.9 Å². The summed E-state index contributed by atoms with van der Waals surface area (Å²) < 4.78 is 10.2. The molecule has 1 aliphatic carbocycles. The topological polar surface area (TPSA) is 93.7 Å². The Hall–Kier alpha value is -1.79. The van der Waals surface area contributed by atoms with Crippen LogP contribution in [-0.2, 0) is 19.1 Å². The molecule has 1 heterocycles. The molecule has 0 bridgehead atoms. The minimum absolute atomic E-state index is 0.120. The van der Waals surface area contributed by atoms with E-state index in [1.54, 1.807) is 6.92 Å². The molecule has 7 nitrogen and oxygen atoms in total. The molecule has 2 atom stereocenters. The van der Waals surface area contributed by atoms with E-state index in [1.807, 2.05) is 0 Å². The average Bonchev–Trinajstić information content (AvgIpc) is 2.58. The Morgan fingerprint density at radius 2 is 1.96 bits per heavy atom. The molecule has 2 N–H and O–H groups in total. The lowest BCUT2D eigenvalue weighted by molar-refractivity contribution is -0.159. The third-order valence-electron chi connectivity index (χ3n) is 4.71. The van der Waals surface area contributed by atoms with Crippen LogP contribution in [0.5, 0.6) is 0 Å². The summed E-state index contributed by atoms with van der Waals surface area (Å²) in [5.74, 6) is -0.340. The van der Waals surface area contributed by atoms with Gasteiger partial charge in [0.15, 0.2) is 0 Å². The number of β-lactam (4-membered cyclic amide) rings is 1. The summed E-state index contributed by atoms with van der Waals surface area (Å²) >= 11 is 0. The number of rotatable bonds is 8. The summed E-state index contributed by atoms with van der Waals surface area (Å²) in [6.45, 7) is 2.95. The van der Waals surface area contributed by atoms with Crippen molar-refractivity contribution in [3.63, 3.8) is 0 Å². The number of esters is 1. The molecule has 1 saturated carbocycles. The second kappa shape index (κ2) is 9.49. The second-order valence-corrected chi connectivity index (χ2v) is 6.52. The van der Waals surface area contributed by atoms with E-state index in [0.717, 1.165) is 12.8 Å². The highest BCUT2D eigenvalue weighted by atomic mass is 16.5. The zero-order valence-electron chi connectivity index (χ0n) is 14.3. The summed E-state index contributed by atoms with van der Waals surface area (Å²) in [6.07, 6.45) is 6.62. The van der Waals surface area contributed by atoms with Crippen molar-refractivity contribution in [2.75, 3.05) is 19.8 Å². The summed E-state index contributed by atoms with van der Waals surface area (Å²) in [5, 5.41) is 5.23. The first-order valence-electron chi connectivity index (χ1n) is 8.99. The van der Waals surface area contributed by atoms with Crippen LogP contribution in [0.2, 0.25) is 0 Å². The Labute approximate surface area is 142 Å². The standard InChI is InChI=1S/C17H28N2O5/c1-2-23-17(22)18-10-6-9-13-14(19-15(13)20)16(21)24-11-12-7-4-3-5-8-12/h12-14H,2-11H2,1H3,(H,18,22)(H,19,20)/t13-,14?/m1/s1. The first-order valence-corrected chi connectivity index (χ1v) is 8.99. The van der Waals surface area contributed by atoms with E-state index in [-0.39, 0.29) is 17.8 Å². The molecule has 1 saturated heterocycles. The molecule has 0 aromatic carbocycles. The van der Waals surface area contributed by atoms with E-state index in [2.05, 4.69) is 10.6 Å². The first kappa shape index (κ1) is 18.5. The van der Waals surface area contributed by atoms with Gasteiger partial charge in [-0.05, 0) is 38.5 Å². The van der Waals surface area contributed by atoms with Gasteiger partial charge in [-0.15, -0.1) is 0 Å². The molecule has 2 amide bonds. The zero-order chi connectivity index (χ0) is 17.4. The number of hydrogen-bond acceptors (Lipinski definition) is 5. The molecule has 0 spiro atoms. The summed E-state index contributed by atoms with van der Waals surface area (Å²) in [7, 11) is 0. The monoisotopic (exact) mass is 340 g/mol. The van der Waals surface area contributed by atoms with Crippen molar-refractivity contribution in [3.05, 3.63) is 0 Å². The minimum atomic E-state index is -0.538. The summed E-state index contributed by atoms with van der Waals surface area (Å²) in [5.41, 5.74) is 0. The van der Waals surface area contributed by atoms with Crippen LogP contribution in [0.1, 0.15) is 51.9 Å². The van der Waals surface area contributed by atoms with Gasteiger partial charge < -0.3 is 20.1 Å². The molecule has 7 heteroatoms. The summed E-state index contributed by atoms with van der Waals surface area (Å²) in [4.78, 5) is 34.9. The van der Waals surface area contributed by atoms with Crippen molar-refractivity contribution in [3.8, 4) is 0 Å². The van der Waals surface area contributed by atoms with E-state index in [1.165, 1.54) is 19.3 Å². The number of nitrogens with one attached hydrogen (secondary N) is 2. The maximum atomic E-state index is 12.1. The van der Waals surface area contributed by atoms with Crippen LogP contribution in [0.3, 0.4) is 0 Å². The van der Waals surface area contributed by atoms with Gasteiger partial charge in [0.2, 0.25) is 5.91 Å². The Kier molecular flexibility index (Phi) is 7.34. The van der Waals surface area contributed by atoms with Crippen molar-refractivity contribution in [2.45, 2.75) is 57.9 Å². The smallest absolute Gasteiger partial charge is 0.407 e. The molecule has 136 valence electrons. The minimum Gasteiger partial charge on any atom is -0.464 e. The van der Waals surface area contributed by atoms with E-state index in [0.29, 0.717) is 38.5 Å². The van der Waals surface area contributed by atoms with E-state index in [4.69, 9.17) is 9.47 Å². The third-order valence-corrected chi connectivity index (χ3v) is 4.71. The predicted molar refractivity (Wildman–Crippen MR) is 87.2 cm³/mol. The molecule has 24 heavy (non-hydrogen) atoms. The van der Waals surface area contributed by atoms with Crippen LogP contribution in [0, 0.1) is 11.8 Å². The Morgan fingerprint density at radius 1 is 1.21 bits per heavy atom. The van der Waals surface area contributed by atoms with E-state index < -0.39 is 12.1 Å². The third kappa shape index (κ3) is 5.39. The number of hydrogen-bond donors (Lipinski definition) is 2. The van der Waals surface area contributed by atoms with Gasteiger partial charge in [-0.2, -0.15) is 0 Å². The second-order valence-electron chi connectivity index (χ2n) is 6.52. The lowest BCUT2D eigenvalue weighted by atomic mass is 9.86. The zero-order valence-corrected chi connectivity index (χ0v) is 14.3. The van der Waals surface area contributed by atoms with Crippen LogP contribution in [0.15, 0.2) is 0 Å². The fourth-order valence-corrected chi connectivity index (χ4v) is 3.28. The van der Waals surface area contributed by atoms with Crippen LogP contribution < -0.4 is 10.6 Å². The van der Waals surface area contributed by atoms with E-state index >= 15 is 0 Å². The quantitative estimate of drug-likeness (QED) is 0.399. The fraction of sp³-hybridized carbons (Fsp3) is 0.824. The van der Waals surface area contributed by atoms with Gasteiger partial charge in [-0.25, -0.2) is 9.59 Å². The highest BCUT2D eigenvalue weighted by Gasteiger charge is 2.44. The normalized spacial score (nSPS) is 23.8. The van der Waals surface area contributed by atoms with Crippen molar-refractivity contribution >= 4 is 18.0 Å². The Morgan fingerprint density at radius 3 is 2.62 bits per heavy atom. The van der Waals surface area contributed by atoms with Gasteiger partial charge in [-0.3, -0.25) is 4.79 Å². The maximum Gasteiger partial charge on any atom is 0.407 e. The molecule has 0 aromatic heterocycles. The van der Waals surface area contributed by atoms with Gasteiger partial charge in [-0.1, -0.05) is 19.3 Å². The van der Waals surface area contributed by atoms with Gasteiger partial charge >= 0.3 is 12.1 Å². The van der Waals surface area contributed by atoms with Crippen LogP contribution in [0.4, 0.5) is 4.79 Å². The van der Waals surface area contributed by atoms with Crippen molar-refractivity contribution in [1.29, 1.82) is 0 Å².